The van der Waals surface area contributed by atoms with Crippen LogP contribution in [0.1, 0.15) is 18.7 Å². The lowest BCUT2D eigenvalue weighted by atomic mass is 9.99. The quantitative estimate of drug-likeness (QED) is 0.212. The molecule has 0 fully saturated rings. The molecule has 1 aliphatic rings. The number of para-hydroxylation sites is 1. The van der Waals surface area contributed by atoms with Crippen LogP contribution >= 0.6 is 0 Å². The maximum Gasteiger partial charge on any atom is 0.164 e. The van der Waals surface area contributed by atoms with Gasteiger partial charge in [-0.1, -0.05) is 91.0 Å². The first kappa shape index (κ1) is 24.8. The van der Waals surface area contributed by atoms with Crippen molar-refractivity contribution in [1.29, 1.82) is 0 Å². The number of benzene rings is 5. The molecule has 8 aromatic rings. The van der Waals surface area contributed by atoms with E-state index in [4.69, 9.17) is 23.8 Å². The predicted molar refractivity (Wildman–Crippen MR) is 177 cm³/mol. The smallest absolute Gasteiger partial charge is 0.164 e. The first-order chi connectivity index (χ1) is 21.8. The van der Waals surface area contributed by atoms with Gasteiger partial charge in [0.05, 0.1) is 0 Å². The maximum absolute atomic E-state index is 6.36. The van der Waals surface area contributed by atoms with Crippen LogP contribution in [0.2, 0.25) is 0 Å². The van der Waals surface area contributed by atoms with Crippen LogP contribution in [0.25, 0.3) is 83.4 Å². The molecule has 9 rings (SSSR count). The fourth-order valence-corrected chi connectivity index (χ4v) is 6.22. The minimum absolute atomic E-state index is 0.621. The van der Waals surface area contributed by atoms with E-state index in [1.807, 2.05) is 66.7 Å². The molecular formula is C39H25N3O2. The Kier molecular flexibility index (Phi) is 5.56. The van der Waals surface area contributed by atoms with Gasteiger partial charge in [-0.2, -0.15) is 0 Å². The van der Waals surface area contributed by atoms with Crippen LogP contribution in [0.15, 0.2) is 136 Å². The Morgan fingerprint density at radius 3 is 2.11 bits per heavy atom. The van der Waals surface area contributed by atoms with E-state index in [0.717, 1.165) is 84.5 Å². The van der Waals surface area contributed by atoms with E-state index in [9.17, 15) is 0 Å². The fraction of sp³-hybridized carbons (Fsp3) is 0.0513. The molecule has 3 heterocycles. The molecule has 0 bridgehead atoms. The number of hydrogen-bond donors (Lipinski definition) is 0. The van der Waals surface area contributed by atoms with E-state index in [1.165, 1.54) is 0 Å². The first-order valence-electron chi connectivity index (χ1n) is 14.8. The highest BCUT2D eigenvalue weighted by Gasteiger charge is 2.19. The van der Waals surface area contributed by atoms with Gasteiger partial charge in [0.25, 0.3) is 0 Å². The summed E-state index contributed by atoms with van der Waals surface area (Å²) in [5.74, 6) is 1.95. The Bertz CT molecular complexity index is 2450. The van der Waals surface area contributed by atoms with Gasteiger partial charge in [-0.3, -0.25) is 0 Å². The van der Waals surface area contributed by atoms with E-state index >= 15 is 0 Å². The molecule has 44 heavy (non-hydrogen) atoms. The second-order valence-electron chi connectivity index (χ2n) is 11.1. The Hall–Kier alpha value is -5.81. The van der Waals surface area contributed by atoms with Crippen LogP contribution in [0.5, 0.6) is 0 Å². The van der Waals surface area contributed by atoms with Crippen LogP contribution in [0.4, 0.5) is 0 Å². The van der Waals surface area contributed by atoms with Gasteiger partial charge in [0.1, 0.15) is 22.3 Å². The summed E-state index contributed by atoms with van der Waals surface area (Å²) in [5, 5.41) is 4.24. The number of rotatable bonds is 4. The summed E-state index contributed by atoms with van der Waals surface area (Å²) in [7, 11) is 0. The van der Waals surface area contributed by atoms with Crippen molar-refractivity contribution >= 4 is 49.5 Å². The average Bonchev–Trinajstić information content (AvgIpc) is 3.66. The average molecular weight is 568 g/mol. The lowest BCUT2D eigenvalue weighted by Crippen LogP contribution is -2.03. The highest BCUT2D eigenvalue weighted by Crippen LogP contribution is 2.39. The van der Waals surface area contributed by atoms with E-state index in [2.05, 4.69) is 60.7 Å². The van der Waals surface area contributed by atoms with E-state index < -0.39 is 0 Å². The second kappa shape index (κ2) is 9.89. The number of aromatic nitrogens is 3. The van der Waals surface area contributed by atoms with Crippen LogP contribution in [-0.4, -0.2) is 15.0 Å². The maximum atomic E-state index is 6.36. The Labute approximate surface area is 252 Å². The zero-order valence-corrected chi connectivity index (χ0v) is 23.7. The zero-order chi connectivity index (χ0) is 29.0. The Balaban J connectivity index is 1.24. The number of hydrogen-bond acceptors (Lipinski definition) is 5. The number of fused-ring (bicyclic) bond motifs is 6. The fourth-order valence-electron chi connectivity index (χ4n) is 6.22. The Morgan fingerprint density at radius 2 is 1.20 bits per heavy atom. The third-order valence-corrected chi connectivity index (χ3v) is 8.37. The molecular weight excluding hydrogens is 542 g/mol. The molecule has 5 nitrogen and oxygen atoms in total. The largest absolute Gasteiger partial charge is 0.456 e. The van der Waals surface area contributed by atoms with Crippen molar-refractivity contribution in [1.82, 2.24) is 15.0 Å². The van der Waals surface area contributed by atoms with Gasteiger partial charge in [-0.25, -0.2) is 15.0 Å². The third kappa shape index (κ3) is 4.05. The minimum atomic E-state index is 0.621. The van der Waals surface area contributed by atoms with Gasteiger partial charge in [-0.05, 0) is 60.4 Å². The summed E-state index contributed by atoms with van der Waals surface area (Å²) in [6, 6.07) is 37.1. The minimum Gasteiger partial charge on any atom is -0.456 e. The summed E-state index contributed by atoms with van der Waals surface area (Å²) in [4.78, 5) is 14.9. The van der Waals surface area contributed by atoms with Crippen molar-refractivity contribution in [2.75, 3.05) is 0 Å². The Morgan fingerprint density at radius 1 is 0.477 bits per heavy atom. The molecule has 5 aromatic carbocycles. The van der Waals surface area contributed by atoms with Crippen molar-refractivity contribution in [3.05, 3.63) is 133 Å². The van der Waals surface area contributed by atoms with Crippen molar-refractivity contribution in [2.24, 2.45) is 0 Å². The normalized spacial score (nSPS) is 13.3. The van der Waals surface area contributed by atoms with Crippen LogP contribution < -0.4 is 0 Å². The lowest BCUT2D eigenvalue weighted by Gasteiger charge is -2.11. The molecule has 0 atom stereocenters. The summed E-state index contributed by atoms with van der Waals surface area (Å²) >= 11 is 0. The van der Waals surface area contributed by atoms with Crippen LogP contribution in [0, 0.1) is 0 Å². The van der Waals surface area contributed by atoms with Crippen molar-refractivity contribution in [2.45, 2.75) is 12.8 Å². The molecule has 0 saturated carbocycles. The third-order valence-electron chi connectivity index (χ3n) is 8.37. The van der Waals surface area contributed by atoms with Gasteiger partial charge < -0.3 is 8.83 Å². The molecule has 0 unspecified atom stereocenters. The number of nitrogens with zero attached hydrogens (tertiary/aromatic N) is 3. The zero-order valence-electron chi connectivity index (χ0n) is 23.7. The molecule has 0 aliphatic heterocycles. The summed E-state index contributed by atoms with van der Waals surface area (Å²) in [6.45, 7) is 0. The molecule has 5 heteroatoms. The molecule has 0 N–H and O–H groups in total. The second-order valence-corrected chi connectivity index (χ2v) is 11.1. The molecule has 1 aliphatic carbocycles. The standard InChI is InChI=1S/C39H25N3O2/c1-3-10-24(11-4-1)37-40-38(25-12-5-2-6-13-25)42-39(41-37)30-15-9-17-34-36(30)31-22-26(19-21-33(31)43-34)27-18-20-29-28-14-7-8-16-32(28)44-35(29)23-27/h1,3-5,7-23H,2,6H2. The molecule has 0 amide bonds. The molecule has 0 saturated heterocycles. The highest BCUT2D eigenvalue weighted by atomic mass is 16.3. The van der Waals surface area contributed by atoms with Crippen LogP contribution in [-0.2, 0) is 0 Å². The monoisotopic (exact) mass is 567 g/mol. The lowest BCUT2D eigenvalue weighted by molar-refractivity contribution is 0.669. The van der Waals surface area contributed by atoms with Crippen molar-refractivity contribution < 1.29 is 8.83 Å². The van der Waals surface area contributed by atoms with E-state index in [1.54, 1.807) is 0 Å². The SMILES string of the molecule is C1=CC(c2nc(-c3ccccc3)nc(-c3cccc4oc5ccc(-c6ccc7c(c6)oc6ccccc67)cc5c34)n2)=CCC1. The number of allylic oxidation sites excluding steroid dienone is 4. The van der Waals surface area contributed by atoms with Crippen molar-refractivity contribution in [3.8, 4) is 33.9 Å². The summed E-state index contributed by atoms with van der Waals surface area (Å²) in [5.41, 5.74) is 8.41. The van der Waals surface area contributed by atoms with Crippen molar-refractivity contribution in [3.63, 3.8) is 0 Å². The van der Waals surface area contributed by atoms with Gasteiger partial charge >= 0.3 is 0 Å². The molecule has 3 aromatic heterocycles. The van der Waals surface area contributed by atoms with Gasteiger partial charge in [0.2, 0.25) is 0 Å². The van der Waals surface area contributed by atoms with Gasteiger partial charge in [0.15, 0.2) is 17.5 Å². The van der Waals surface area contributed by atoms with E-state index in [0.29, 0.717) is 17.5 Å². The highest BCUT2D eigenvalue weighted by molar-refractivity contribution is 6.13. The molecule has 208 valence electrons. The predicted octanol–water partition coefficient (Wildman–Crippen LogP) is 10.4. The summed E-state index contributed by atoms with van der Waals surface area (Å²) in [6.07, 6.45) is 8.48. The summed E-state index contributed by atoms with van der Waals surface area (Å²) < 4.78 is 12.6. The molecule has 0 radical (unpaired) electrons. The topological polar surface area (TPSA) is 65.0 Å². The first-order valence-corrected chi connectivity index (χ1v) is 14.8. The van der Waals surface area contributed by atoms with E-state index in [-0.39, 0.29) is 0 Å². The van der Waals surface area contributed by atoms with Gasteiger partial charge in [0, 0.05) is 38.2 Å². The van der Waals surface area contributed by atoms with Crippen LogP contribution in [0.3, 0.4) is 0 Å². The molecule has 0 spiro atoms. The number of furan rings is 2. The van der Waals surface area contributed by atoms with Gasteiger partial charge in [-0.15, -0.1) is 0 Å².